The zero-order chi connectivity index (χ0) is 23.7. The summed E-state index contributed by atoms with van der Waals surface area (Å²) >= 11 is 0. The molecule has 1 saturated heterocycles. The van der Waals surface area contributed by atoms with Crippen molar-refractivity contribution in [3.8, 4) is 0 Å². The van der Waals surface area contributed by atoms with Crippen molar-refractivity contribution in [2.45, 2.75) is 30.5 Å². The van der Waals surface area contributed by atoms with Crippen LogP contribution in [-0.4, -0.2) is 35.0 Å². The van der Waals surface area contributed by atoms with E-state index in [0.29, 0.717) is 32.3 Å². The van der Waals surface area contributed by atoms with E-state index < -0.39 is 46.7 Å². The molecule has 2 aromatic rings. The fraction of sp³-hybridized carbons (Fsp3) is 0.444. The number of ether oxygens (including phenoxy) is 1. The topological polar surface area (TPSA) is 68.2 Å². The lowest BCUT2D eigenvalue weighted by Crippen LogP contribution is -2.56. The smallest absolute Gasteiger partial charge is 0.363 e. The SMILES string of the molecule is Cn1nc(C(F)(F)C(F)(F)F)c(C(F)(F)F)c1C(=O)Nc1ccc2c(c1)C1(CNC1)OC2. The number of amides is 1. The number of aryl methyl sites for hydroxylation is 1. The van der Waals surface area contributed by atoms with Gasteiger partial charge in [0, 0.05) is 25.8 Å². The summed E-state index contributed by atoms with van der Waals surface area (Å²) in [6.45, 7) is 1.25. The number of fused-ring (bicyclic) bond motifs is 2. The van der Waals surface area contributed by atoms with E-state index in [0.717, 1.165) is 5.56 Å². The van der Waals surface area contributed by atoms with Gasteiger partial charge < -0.3 is 15.4 Å². The van der Waals surface area contributed by atoms with E-state index in [4.69, 9.17) is 4.74 Å². The quantitative estimate of drug-likeness (QED) is 0.672. The fourth-order valence-electron chi connectivity index (χ4n) is 3.74. The molecule has 0 saturated carbocycles. The van der Waals surface area contributed by atoms with E-state index in [1.807, 2.05) is 0 Å². The van der Waals surface area contributed by atoms with Crippen LogP contribution in [0.15, 0.2) is 18.2 Å². The second kappa shape index (κ2) is 6.88. The molecule has 0 aliphatic carbocycles. The minimum absolute atomic E-state index is 0.0176. The molecule has 0 atom stereocenters. The lowest BCUT2D eigenvalue weighted by atomic mass is 9.87. The van der Waals surface area contributed by atoms with Crippen molar-refractivity contribution in [2.75, 3.05) is 18.4 Å². The van der Waals surface area contributed by atoms with Crippen molar-refractivity contribution in [3.63, 3.8) is 0 Å². The summed E-state index contributed by atoms with van der Waals surface area (Å²) in [6.07, 6.45) is -12.1. The van der Waals surface area contributed by atoms with Gasteiger partial charge in [0.2, 0.25) is 0 Å². The van der Waals surface area contributed by atoms with Crippen molar-refractivity contribution in [1.82, 2.24) is 15.1 Å². The Kier molecular flexibility index (Phi) is 4.83. The number of hydrogen-bond acceptors (Lipinski definition) is 4. The van der Waals surface area contributed by atoms with Crippen LogP contribution in [0.25, 0.3) is 0 Å². The maximum atomic E-state index is 13.8. The molecule has 2 aliphatic heterocycles. The molecule has 32 heavy (non-hydrogen) atoms. The minimum Gasteiger partial charge on any atom is -0.363 e. The second-order valence-electron chi connectivity index (χ2n) is 7.48. The molecule has 4 rings (SSSR count). The van der Waals surface area contributed by atoms with Crippen LogP contribution in [0.1, 0.15) is 32.9 Å². The normalized spacial score (nSPS) is 17.9. The van der Waals surface area contributed by atoms with Crippen molar-refractivity contribution < 1.29 is 44.7 Å². The highest BCUT2D eigenvalue weighted by molar-refractivity contribution is 6.04. The van der Waals surface area contributed by atoms with Gasteiger partial charge in [0.1, 0.15) is 16.9 Å². The Balaban J connectivity index is 1.73. The Morgan fingerprint density at radius 3 is 2.34 bits per heavy atom. The van der Waals surface area contributed by atoms with Crippen molar-refractivity contribution in [1.29, 1.82) is 0 Å². The van der Waals surface area contributed by atoms with Gasteiger partial charge in [-0.2, -0.15) is 40.2 Å². The maximum Gasteiger partial charge on any atom is 0.459 e. The molecule has 14 heteroatoms. The first kappa shape index (κ1) is 22.5. The van der Waals surface area contributed by atoms with Gasteiger partial charge in [0.25, 0.3) is 5.91 Å². The zero-order valence-corrected chi connectivity index (χ0v) is 16.1. The number of carbonyl (C=O) groups is 1. The number of rotatable bonds is 3. The number of carbonyl (C=O) groups excluding carboxylic acids is 1. The van der Waals surface area contributed by atoms with E-state index in [9.17, 15) is 39.9 Å². The summed E-state index contributed by atoms with van der Waals surface area (Å²) in [5.41, 5.74) is -5.65. The summed E-state index contributed by atoms with van der Waals surface area (Å²) in [7, 11) is 0.672. The molecule has 1 fully saturated rings. The van der Waals surface area contributed by atoms with Crippen LogP contribution in [0.5, 0.6) is 0 Å². The summed E-state index contributed by atoms with van der Waals surface area (Å²) in [6, 6.07) is 4.41. The first-order valence-electron chi connectivity index (χ1n) is 9.06. The lowest BCUT2D eigenvalue weighted by Gasteiger charge is -2.39. The summed E-state index contributed by atoms with van der Waals surface area (Å²) < 4.78 is 112. The highest BCUT2D eigenvalue weighted by Crippen LogP contribution is 2.48. The Morgan fingerprint density at radius 2 is 1.81 bits per heavy atom. The Hall–Kier alpha value is -2.74. The third kappa shape index (κ3) is 3.32. The molecule has 0 bridgehead atoms. The summed E-state index contributed by atoms with van der Waals surface area (Å²) in [4.78, 5) is 12.6. The molecule has 1 amide bonds. The minimum atomic E-state index is -6.35. The van der Waals surface area contributed by atoms with Crippen LogP contribution in [0.3, 0.4) is 0 Å². The first-order chi connectivity index (χ1) is 14.7. The molecule has 0 radical (unpaired) electrons. The van der Waals surface area contributed by atoms with Crippen LogP contribution < -0.4 is 10.6 Å². The van der Waals surface area contributed by atoms with Gasteiger partial charge in [-0.25, -0.2) is 0 Å². The van der Waals surface area contributed by atoms with E-state index in [1.54, 1.807) is 6.07 Å². The maximum absolute atomic E-state index is 13.8. The summed E-state index contributed by atoms with van der Waals surface area (Å²) in [5.74, 6) is -7.47. The van der Waals surface area contributed by atoms with Crippen LogP contribution in [0, 0.1) is 0 Å². The number of alkyl halides is 8. The zero-order valence-electron chi connectivity index (χ0n) is 16.1. The van der Waals surface area contributed by atoms with Gasteiger partial charge in [-0.3, -0.25) is 9.48 Å². The average Bonchev–Trinajstić information content (AvgIpc) is 3.18. The summed E-state index contributed by atoms with van der Waals surface area (Å²) in [5, 5.41) is 7.87. The molecule has 6 nitrogen and oxygen atoms in total. The predicted octanol–water partition coefficient (Wildman–Crippen LogP) is 3.67. The number of anilines is 1. The third-order valence-corrected chi connectivity index (χ3v) is 5.38. The van der Waals surface area contributed by atoms with Crippen molar-refractivity contribution in [2.24, 2.45) is 7.05 Å². The van der Waals surface area contributed by atoms with E-state index in [-0.39, 0.29) is 10.4 Å². The van der Waals surface area contributed by atoms with E-state index in [1.165, 1.54) is 12.1 Å². The van der Waals surface area contributed by atoms with Gasteiger partial charge in [0.05, 0.1) is 6.61 Å². The van der Waals surface area contributed by atoms with Gasteiger partial charge in [-0.05, 0) is 23.3 Å². The van der Waals surface area contributed by atoms with Gasteiger partial charge in [-0.1, -0.05) is 6.07 Å². The molecule has 2 N–H and O–H groups in total. The van der Waals surface area contributed by atoms with Crippen LogP contribution >= 0.6 is 0 Å². The number of hydrogen-bond donors (Lipinski definition) is 2. The number of nitrogens with one attached hydrogen (secondary N) is 2. The number of benzene rings is 1. The molecule has 2 aliphatic rings. The first-order valence-corrected chi connectivity index (χ1v) is 9.06. The average molecular weight is 470 g/mol. The standard InChI is InChI=1S/C18H14F8N4O2/c1-30-12(11(17(21,22)23)13(29-30)16(19,20)18(24,25)26)14(31)28-9-3-2-8-5-32-15(6-27-7-15)10(8)4-9/h2-4,27H,5-7H2,1H3,(H,28,31). The Bertz CT molecular complexity index is 1090. The molecule has 174 valence electrons. The van der Waals surface area contributed by atoms with E-state index in [2.05, 4.69) is 15.7 Å². The predicted molar refractivity (Wildman–Crippen MR) is 91.9 cm³/mol. The van der Waals surface area contributed by atoms with Crippen LogP contribution in [0.2, 0.25) is 0 Å². The van der Waals surface area contributed by atoms with Crippen LogP contribution in [-0.2, 0) is 36.1 Å². The third-order valence-electron chi connectivity index (χ3n) is 5.38. The number of aromatic nitrogens is 2. The Morgan fingerprint density at radius 1 is 1.16 bits per heavy atom. The molecule has 1 aromatic carbocycles. The second-order valence-corrected chi connectivity index (χ2v) is 7.48. The molecule has 0 unspecified atom stereocenters. The van der Waals surface area contributed by atoms with Gasteiger partial charge in [-0.15, -0.1) is 0 Å². The number of halogens is 8. The molecule has 1 aromatic heterocycles. The van der Waals surface area contributed by atoms with Crippen molar-refractivity contribution >= 4 is 11.6 Å². The number of nitrogens with zero attached hydrogens (tertiary/aromatic N) is 2. The Labute approximate surface area is 174 Å². The fourth-order valence-corrected chi connectivity index (χ4v) is 3.74. The molecular formula is C18H14F8N4O2. The monoisotopic (exact) mass is 470 g/mol. The van der Waals surface area contributed by atoms with Gasteiger partial charge >= 0.3 is 18.3 Å². The molecular weight excluding hydrogens is 456 g/mol. The van der Waals surface area contributed by atoms with E-state index >= 15 is 0 Å². The molecule has 1 spiro atoms. The van der Waals surface area contributed by atoms with Crippen LogP contribution in [0.4, 0.5) is 40.8 Å². The highest BCUT2D eigenvalue weighted by Gasteiger charge is 2.64. The lowest BCUT2D eigenvalue weighted by molar-refractivity contribution is -0.292. The van der Waals surface area contributed by atoms with Gasteiger partial charge in [0.15, 0.2) is 5.69 Å². The highest BCUT2D eigenvalue weighted by atomic mass is 19.4. The largest absolute Gasteiger partial charge is 0.459 e. The molecule has 3 heterocycles. The van der Waals surface area contributed by atoms with Crippen molar-refractivity contribution in [3.05, 3.63) is 46.3 Å².